The number of piperazine rings is 1. The maximum Gasteiger partial charge on any atom is 0.255 e. The quantitative estimate of drug-likeness (QED) is 0.937. The Morgan fingerprint density at radius 1 is 1.17 bits per heavy atom. The average Bonchev–Trinajstić information content (AvgIpc) is 2.62. The number of carbonyl (C=O) groups is 1. The third-order valence-corrected chi connectivity index (χ3v) is 4.06. The van der Waals surface area contributed by atoms with Gasteiger partial charge in [0.25, 0.3) is 5.91 Å². The molecule has 0 bridgehead atoms. The van der Waals surface area contributed by atoms with Crippen LogP contribution in [0.4, 0.5) is 11.4 Å². The van der Waals surface area contributed by atoms with E-state index in [9.17, 15) is 4.79 Å². The van der Waals surface area contributed by atoms with Crippen molar-refractivity contribution >= 4 is 17.3 Å². The summed E-state index contributed by atoms with van der Waals surface area (Å²) in [6.45, 7) is 3.24. The molecule has 2 aromatic rings. The van der Waals surface area contributed by atoms with Gasteiger partial charge in [0.1, 0.15) is 0 Å². The molecule has 1 aliphatic heterocycles. The van der Waals surface area contributed by atoms with E-state index in [0.717, 1.165) is 37.6 Å². The van der Waals surface area contributed by atoms with E-state index in [1.807, 2.05) is 17.0 Å². The predicted octanol–water partition coefficient (Wildman–Crippen LogP) is 2.08. The van der Waals surface area contributed by atoms with Gasteiger partial charge in [-0.1, -0.05) is 6.07 Å². The fraction of sp³-hybridized carbons (Fsp3) is 0.278. The zero-order valence-electron chi connectivity index (χ0n) is 13.6. The Labute approximate surface area is 141 Å². The van der Waals surface area contributed by atoms with E-state index >= 15 is 0 Å². The van der Waals surface area contributed by atoms with Crippen molar-refractivity contribution in [1.82, 2.24) is 14.8 Å². The highest BCUT2D eigenvalue weighted by Gasteiger charge is 2.20. The number of hydrogen-bond acceptors (Lipinski definition) is 5. The van der Waals surface area contributed by atoms with Gasteiger partial charge in [0, 0.05) is 38.1 Å². The number of likely N-dealkylation sites (N-methyl/N-ethyl adjacent to an activating group) is 1. The van der Waals surface area contributed by atoms with Crippen molar-refractivity contribution < 1.29 is 4.79 Å². The van der Waals surface area contributed by atoms with Gasteiger partial charge in [-0.25, -0.2) is 0 Å². The number of rotatable bonds is 3. The van der Waals surface area contributed by atoms with Gasteiger partial charge in [-0.2, -0.15) is 5.26 Å². The summed E-state index contributed by atoms with van der Waals surface area (Å²) in [5.41, 5.74) is 2.67. The number of nitrogens with one attached hydrogen (secondary N) is 1. The molecule has 3 rings (SSSR count). The zero-order valence-corrected chi connectivity index (χ0v) is 13.6. The largest absolute Gasteiger partial charge is 0.354 e. The summed E-state index contributed by atoms with van der Waals surface area (Å²) < 4.78 is 0. The number of hydrogen-bond donors (Lipinski definition) is 1. The Balaban J connectivity index is 1.74. The van der Waals surface area contributed by atoms with Gasteiger partial charge in [-0.05, 0) is 31.3 Å². The van der Waals surface area contributed by atoms with Gasteiger partial charge >= 0.3 is 0 Å². The Kier molecular flexibility index (Phi) is 4.73. The third kappa shape index (κ3) is 3.70. The molecule has 0 atom stereocenters. The van der Waals surface area contributed by atoms with Crippen molar-refractivity contribution in [3.05, 3.63) is 53.9 Å². The molecule has 2 heterocycles. The molecule has 1 saturated heterocycles. The van der Waals surface area contributed by atoms with Crippen LogP contribution in [0, 0.1) is 11.3 Å². The van der Waals surface area contributed by atoms with Crippen molar-refractivity contribution in [1.29, 1.82) is 5.26 Å². The molecule has 0 spiro atoms. The number of nitrogens with zero attached hydrogens (tertiary/aromatic N) is 4. The van der Waals surface area contributed by atoms with Gasteiger partial charge < -0.3 is 15.1 Å². The number of carbonyl (C=O) groups excluding carboxylic acids is 1. The predicted molar refractivity (Wildman–Crippen MR) is 92.1 cm³/mol. The Bertz CT molecular complexity index is 775. The van der Waals surface area contributed by atoms with E-state index in [2.05, 4.69) is 28.3 Å². The second kappa shape index (κ2) is 7.11. The highest BCUT2D eigenvalue weighted by atomic mass is 16.2. The molecule has 0 radical (unpaired) electrons. The summed E-state index contributed by atoms with van der Waals surface area (Å²) in [7, 11) is 2.06. The lowest BCUT2D eigenvalue weighted by Crippen LogP contribution is -2.47. The van der Waals surface area contributed by atoms with Gasteiger partial charge in [0.05, 0.1) is 29.1 Å². The van der Waals surface area contributed by atoms with E-state index in [0.29, 0.717) is 11.1 Å². The number of amides is 1. The number of anilines is 2. The smallest absolute Gasteiger partial charge is 0.255 e. The molecule has 24 heavy (non-hydrogen) atoms. The highest BCUT2D eigenvalue weighted by Crippen LogP contribution is 2.18. The maximum absolute atomic E-state index is 12.6. The number of benzene rings is 1. The van der Waals surface area contributed by atoms with Crippen LogP contribution >= 0.6 is 0 Å². The van der Waals surface area contributed by atoms with Crippen molar-refractivity contribution in [2.45, 2.75) is 0 Å². The molecular formula is C18H19N5O. The molecule has 1 aliphatic rings. The van der Waals surface area contributed by atoms with Crippen LogP contribution < -0.4 is 5.32 Å². The topological polar surface area (TPSA) is 72.3 Å². The van der Waals surface area contributed by atoms with Crippen molar-refractivity contribution in [2.24, 2.45) is 0 Å². The molecule has 122 valence electrons. The molecule has 6 nitrogen and oxygen atoms in total. The minimum atomic E-state index is 0.00465. The summed E-state index contributed by atoms with van der Waals surface area (Å²) in [6, 6.07) is 11.1. The van der Waals surface area contributed by atoms with E-state index in [4.69, 9.17) is 5.26 Å². The number of aromatic nitrogens is 1. The molecule has 1 fully saturated rings. The van der Waals surface area contributed by atoms with Gasteiger partial charge in [-0.15, -0.1) is 0 Å². The second-order valence-corrected chi connectivity index (χ2v) is 5.88. The fourth-order valence-corrected chi connectivity index (χ4v) is 2.65. The van der Waals surface area contributed by atoms with E-state index in [1.165, 1.54) is 0 Å². The van der Waals surface area contributed by atoms with Crippen LogP contribution in [0.15, 0.2) is 42.7 Å². The molecule has 1 amide bonds. The summed E-state index contributed by atoms with van der Waals surface area (Å²) >= 11 is 0. The Morgan fingerprint density at radius 2 is 1.96 bits per heavy atom. The SMILES string of the molecule is CN1CCN(C(=O)c2cncc(Nc3cccc(C#N)c3)c2)CC1. The molecular weight excluding hydrogens is 302 g/mol. The van der Waals surface area contributed by atoms with Crippen molar-refractivity contribution in [2.75, 3.05) is 38.5 Å². The molecule has 1 N–H and O–H groups in total. The molecule has 0 aliphatic carbocycles. The van der Waals surface area contributed by atoms with Crippen molar-refractivity contribution in [3.63, 3.8) is 0 Å². The van der Waals surface area contributed by atoms with E-state index in [1.54, 1.807) is 30.6 Å². The number of nitriles is 1. The summed E-state index contributed by atoms with van der Waals surface area (Å²) in [5, 5.41) is 12.2. The fourth-order valence-electron chi connectivity index (χ4n) is 2.65. The van der Waals surface area contributed by atoms with Gasteiger partial charge in [0.2, 0.25) is 0 Å². The molecule has 1 aromatic carbocycles. The van der Waals surface area contributed by atoms with Crippen LogP contribution in [0.25, 0.3) is 0 Å². The first-order chi connectivity index (χ1) is 11.7. The Morgan fingerprint density at radius 3 is 2.71 bits per heavy atom. The standard InChI is InChI=1S/C18H19N5O/c1-22-5-7-23(8-6-22)18(24)15-10-17(13-20-12-15)21-16-4-2-3-14(9-16)11-19/h2-4,9-10,12-13,21H,5-8H2,1H3. The molecule has 0 unspecified atom stereocenters. The Hall–Kier alpha value is -2.91. The lowest BCUT2D eigenvalue weighted by Gasteiger charge is -2.32. The minimum Gasteiger partial charge on any atom is -0.354 e. The maximum atomic E-state index is 12.6. The van der Waals surface area contributed by atoms with Crippen LogP contribution in [0.1, 0.15) is 15.9 Å². The van der Waals surface area contributed by atoms with Gasteiger partial charge in [0.15, 0.2) is 0 Å². The van der Waals surface area contributed by atoms with E-state index in [-0.39, 0.29) is 5.91 Å². The summed E-state index contributed by atoms with van der Waals surface area (Å²) in [5.74, 6) is 0.00465. The lowest BCUT2D eigenvalue weighted by molar-refractivity contribution is 0.0663. The summed E-state index contributed by atoms with van der Waals surface area (Å²) in [4.78, 5) is 20.8. The molecule has 6 heteroatoms. The second-order valence-electron chi connectivity index (χ2n) is 5.88. The first-order valence-electron chi connectivity index (χ1n) is 7.86. The summed E-state index contributed by atoms with van der Waals surface area (Å²) in [6.07, 6.45) is 3.26. The monoisotopic (exact) mass is 321 g/mol. The van der Waals surface area contributed by atoms with E-state index < -0.39 is 0 Å². The van der Waals surface area contributed by atoms with Crippen LogP contribution in [-0.2, 0) is 0 Å². The van der Waals surface area contributed by atoms with Crippen LogP contribution in [0.5, 0.6) is 0 Å². The zero-order chi connectivity index (χ0) is 16.9. The normalized spacial score (nSPS) is 14.9. The average molecular weight is 321 g/mol. The molecule has 1 aromatic heterocycles. The van der Waals surface area contributed by atoms with Crippen molar-refractivity contribution in [3.8, 4) is 6.07 Å². The third-order valence-electron chi connectivity index (χ3n) is 4.06. The first kappa shape index (κ1) is 16.0. The lowest BCUT2D eigenvalue weighted by atomic mass is 10.2. The first-order valence-corrected chi connectivity index (χ1v) is 7.86. The van der Waals surface area contributed by atoms with Gasteiger partial charge in [-0.3, -0.25) is 9.78 Å². The highest BCUT2D eigenvalue weighted by molar-refractivity contribution is 5.95. The minimum absolute atomic E-state index is 0.00465. The molecule has 0 saturated carbocycles. The number of pyridine rings is 1. The van der Waals surface area contributed by atoms with Crippen LogP contribution in [0.3, 0.4) is 0 Å². The van der Waals surface area contributed by atoms with Crippen LogP contribution in [-0.4, -0.2) is 53.9 Å². The van der Waals surface area contributed by atoms with Crippen LogP contribution in [0.2, 0.25) is 0 Å².